The maximum atomic E-state index is 11.6. The summed E-state index contributed by atoms with van der Waals surface area (Å²) in [6, 6.07) is 13.7. The van der Waals surface area contributed by atoms with Gasteiger partial charge in [-0.15, -0.1) is 5.79 Å². The first-order chi connectivity index (χ1) is 14.1. The molecule has 0 unspecified atom stereocenters. The fourth-order valence-electron chi connectivity index (χ4n) is 3.36. The maximum absolute atomic E-state index is 11.6. The molecule has 1 radical (unpaired) electrons. The largest absolute Gasteiger partial charge is 0.489 e. The lowest BCUT2D eigenvalue weighted by atomic mass is 9.96. The van der Waals surface area contributed by atoms with E-state index >= 15 is 0 Å². The van der Waals surface area contributed by atoms with Crippen LogP contribution >= 0.6 is 10.1 Å². The van der Waals surface area contributed by atoms with Gasteiger partial charge in [-0.05, 0) is 53.8 Å². The SMILES string of the molecule is COC(=O)c1ccc(-c2ccc3c(c2)CC[C@H](CNC[C@H](O)C[S][Al][CH3])O3)cc1. The van der Waals surface area contributed by atoms with E-state index in [-0.39, 0.29) is 18.2 Å². The molecule has 0 fully saturated rings. The Kier molecular flexibility index (Phi) is 8.46. The molecule has 2 atom stereocenters. The smallest absolute Gasteiger partial charge is 0.337 e. The van der Waals surface area contributed by atoms with Gasteiger partial charge in [0.1, 0.15) is 11.9 Å². The molecule has 0 amide bonds. The first-order valence-corrected chi connectivity index (χ1v) is 13.5. The number of nitrogens with one attached hydrogen (secondary N) is 1. The molecule has 3 rings (SSSR count). The predicted octanol–water partition coefficient (Wildman–Crippen LogP) is 3.18. The lowest BCUT2D eigenvalue weighted by molar-refractivity contribution is 0.0600. The quantitative estimate of drug-likeness (QED) is 0.472. The first kappa shape index (κ1) is 22.2. The molecule has 2 aromatic carbocycles. The molecule has 0 aliphatic carbocycles. The molecule has 0 aromatic heterocycles. The van der Waals surface area contributed by atoms with Gasteiger partial charge in [-0.3, -0.25) is 10.1 Å². The Morgan fingerprint density at radius 2 is 2.07 bits per heavy atom. The van der Waals surface area contributed by atoms with Crippen LogP contribution in [0.5, 0.6) is 5.75 Å². The van der Waals surface area contributed by atoms with Crippen molar-refractivity contribution in [2.75, 3.05) is 26.0 Å². The zero-order chi connectivity index (χ0) is 20.6. The molecule has 2 N–H and O–H groups in total. The zero-order valence-electron chi connectivity index (χ0n) is 16.9. The fraction of sp³-hybridized carbons (Fsp3) is 0.409. The normalized spacial score (nSPS) is 16.4. The molecule has 1 aliphatic heterocycles. The highest BCUT2D eigenvalue weighted by molar-refractivity contribution is 8.22. The second kappa shape index (κ2) is 11.1. The average molecular weight is 429 g/mol. The molecule has 5 nitrogen and oxygen atoms in total. The van der Waals surface area contributed by atoms with Crippen LogP contribution in [0.3, 0.4) is 0 Å². The van der Waals surface area contributed by atoms with Crippen LogP contribution < -0.4 is 10.1 Å². The molecule has 2 aromatic rings. The first-order valence-electron chi connectivity index (χ1n) is 9.87. The van der Waals surface area contributed by atoms with Crippen molar-refractivity contribution in [3.63, 3.8) is 0 Å². The van der Waals surface area contributed by atoms with Crippen molar-refractivity contribution in [3.8, 4) is 16.9 Å². The van der Waals surface area contributed by atoms with Gasteiger partial charge in [0.2, 0.25) is 0 Å². The van der Waals surface area contributed by atoms with Gasteiger partial charge in [0, 0.05) is 18.8 Å². The molecule has 153 valence electrons. The van der Waals surface area contributed by atoms with Gasteiger partial charge in [0.15, 0.2) is 0 Å². The highest BCUT2D eigenvalue weighted by atomic mass is 32.3. The van der Waals surface area contributed by atoms with E-state index in [0.717, 1.165) is 42.0 Å². The number of ether oxygens (including phenoxy) is 2. The van der Waals surface area contributed by atoms with Crippen molar-refractivity contribution in [2.24, 2.45) is 0 Å². The van der Waals surface area contributed by atoms with Crippen LogP contribution in [0.25, 0.3) is 11.1 Å². The van der Waals surface area contributed by atoms with Crippen molar-refractivity contribution in [3.05, 3.63) is 53.6 Å². The van der Waals surface area contributed by atoms with Crippen LogP contribution in [0, 0.1) is 0 Å². The number of hydrogen-bond acceptors (Lipinski definition) is 6. The molecule has 0 saturated heterocycles. The standard InChI is InChI=1S/C21H25NO4S.CH3.Al/c1-25-21(24)15-4-2-14(3-5-15)16-7-9-20-17(10-16)6-8-19(26-20)12-22-11-18(23)13-27;;/h2-5,7,9-10,18-19,22-23,27H,6,8,11-13H2,1H3;1H3;/q;;+1/p-1/t18-,19+;;/m0../s1. The van der Waals surface area contributed by atoms with Gasteiger partial charge < -0.3 is 19.9 Å². The molecular formula is C22H27AlNO4S. The minimum absolute atomic E-state index is 0.129. The third kappa shape index (κ3) is 6.24. The number of carbonyl (C=O) groups excluding carboxylic acids is 1. The summed E-state index contributed by atoms with van der Waals surface area (Å²) in [5, 5.41) is 13.3. The summed E-state index contributed by atoms with van der Waals surface area (Å²) in [6.07, 6.45) is 1.75. The maximum Gasteiger partial charge on any atom is 0.337 e. The van der Waals surface area contributed by atoms with E-state index in [9.17, 15) is 9.90 Å². The van der Waals surface area contributed by atoms with Crippen LogP contribution in [0.15, 0.2) is 42.5 Å². The van der Waals surface area contributed by atoms with Crippen molar-refractivity contribution >= 4 is 30.2 Å². The number of aliphatic hydroxyl groups is 1. The molecule has 0 saturated carbocycles. The molecule has 0 spiro atoms. The van der Waals surface area contributed by atoms with Crippen molar-refractivity contribution in [2.45, 2.75) is 30.8 Å². The summed E-state index contributed by atoms with van der Waals surface area (Å²) in [5.74, 6) is 3.59. The number of carbonyl (C=O) groups is 1. The molecule has 29 heavy (non-hydrogen) atoms. The zero-order valence-corrected chi connectivity index (χ0v) is 18.9. The predicted molar refractivity (Wildman–Crippen MR) is 119 cm³/mol. The number of esters is 1. The Balaban J connectivity index is 1.56. The summed E-state index contributed by atoms with van der Waals surface area (Å²) >= 11 is 0.380. The number of rotatable bonds is 9. The number of fused-ring (bicyclic) bond motifs is 1. The molecule has 1 aliphatic rings. The van der Waals surface area contributed by atoms with Gasteiger partial charge in [-0.25, -0.2) is 4.79 Å². The summed E-state index contributed by atoms with van der Waals surface area (Å²) < 4.78 is 10.9. The third-order valence-corrected chi connectivity index (χ3v) is 7.42. The highest BCUT2D eigenvalue weighted by Crippen LogP contribution is 2.32. The highest BCUT2D eigenvalue weighted by Gasteiger charge is 2.20. The lowest BCUT2D eigenvalue weighted by Gasteiger charge is -2.27. The molecule has 0 bridgehead atoms. The minimum Gasteiger partial charge on any atom is -0.489 e. The van der Waals surface area contributed by atoms with Crippen molar-refractivity contribution < 1.29 is 19.4 Å². The van der Waals surface area contributed by atoms with Gasteiger partial charge in [0.25, 0.3) is 14.1 Å². The van der Waals surface area contributed by atoms with Gasteiger partial charge in [0.05, 0.1) is 18.8 Å². The van der Waals surface area contributed by atoms with Gasteiger partial charge in [-0.2, -0.15) is 0 Å². The Hall–Kier alpha value is -1.49. The fourth-order valence-corrected chi connectivity index (χ4v) is 5.14. The van der Waals surface area contributed by atoms with Crippen LogP contribution in [0.4, 0.5) is 0 Å². The monoisotopic (exact) mass is 428 g/mol. The Bertz CT molecular complexity index is 815. The van der Waals surface area contributed by atoms with E-state index in [1.54, 1.807) is 12.1 Å². The van der Waals surface area contributed by atoms with Crippen LogP contribution in [0.1, 0.15) is 22.3 Å². The van der Waals surface area contributed by atoms with Crippen molar-refractivity contribution in [1.29, 1.82) is 0 Å². The van der Waals surface area contributed by atoms with E-state index < -0.39 is 0 Å². The Morgan fingerprint density at radius 3 is 2.79 bits per heavy atom. The van der Waals surface area contributed by atoms with E-state index in [1.165, 1.54) is 12.7 Å². The number of aryl methyl sites for hydroxylation is 1. The number of methoxy groups -OCH3 is 1. The van der Waals surface area contributed by atoms with Crippen molar-refractivity contribution in [1.82, 2.24) is 5.32 Å². The minimum atomic E-state index is -0.326. The second-order valence-electron chi connectivity index (χ2n) is 7.05. The molecule has 7 heteroatoms. The number of aliphatic hydroxyl groups excluding tert-OH is 1. The molecular weight excluding hydrogens is 401 g/mol. The summed E-state index contributed by atoms with van der Waals surface area (Å²) in [7, 11) is 3.22. The number of benzene rings is 2. The van der Waals surface area contributed by atoms with Crippen LogP contribution in [0.2, 0.25) is 5.79 Å². The topological polar surface area (TPSA) is 67.8 Å². The summed E-state index contributed by atoms with van der Waals surface area (Å²) in [5.41, 5.74) is 3.93. The second-order valence-corrected chi connectivity index (χ2v) is 10.6. The van der Waals surface area contributed by atoms with Gasteiger partial charge in [-0.1, -0.05) is 18.2 Å². The lowest BCUT2D eigenvalue weighted by Crippen LogP contribution is -2.38. The van der Waals surface area contributed by atoms with E-state index in [2.05, 4.69) is 23.2 Å². The van der Waals surface area contributed by atoms with Crippen LogP contribution in [-0.2, 0) is 11.2 Å². The van der Waals surface area contributed by atoms with Gasteiger partial charge >= 0.3 is 5.97 Å². The van der Waals surface area contributed by atoms with Crippen LogP contribution in [-0.4, -0.2) is 63.3 Å². The Labute approximate surface area is 181 Å². The van der Waals surface area contributed by atoms with E-state index in [0.29, 0.717) is 26.2 Å². The van der Waals surface area contributed by atoms with E-state index in [4.69, 9.17) is 9.47 Å². The van der Waals surface area contributed by atoms with E-state index in [1.807, 2.05) is 28.3 Å². The third-order valence-electron chi connectivity index (χ3n) is 4.94. The number of hydrogen-bond donors (Lipinski definition) is 2. The average Bonchev–Trinajstić information content (AvgIpc) is 2.76. The summed E-state index contributed by atoms with van der Waals surface area (Å²) in [6.45, 7) is 1.36. The Morgan fingerprint density at radius 1 is 1.31 bits per heavy atom. The molecule has 1 heterocycles. The summed E-state index contributed by atoms with van der Waals surface area (Å²) in [4.78, 5) is 11.6.